The Morgan fingerprint density at radius 2 is 2.26 bits per heavy atom. The van der Waals surface area contributed by atoms with E-state index < -0.39 is 5.97 Å². The van der Waals surface area contributed by atoms with Gasteiger partial charge in [-0.1, -0.05) is 28.1 Å². The molecule has 0 fully saturated rings. The molecular formula is C15H20BrNO2. The smallest absolute Gasteiger partial charge is 0.304 e. The third-order valence-corrected chi connectivity index (χ3v) is 4.57. The molecule has 0 aromatic heterocycles. The van der Waals surface area contributed by atoms with Gasteiger partial charge in [0, 0.05) is 23.1 Å². The standard InChI is InChI=1S/C15H20BrNO2/c1-10(2)17(9-8-15(18)19)14-7-6-11-12(14)4-3-5-13(11)16/h3-5,10,14H,6-9H2,1-2H3,(H,18,19). The lowest BCUT2D eigenvalue weighted by Gasteiger charge is -2.32. The lowest BCUT2D eigenvalue weighted by molar-refractivity contribution is -0.137. The number of nitrogens with zero attached hydrogens (tertiary/aromatic N) is 1. The van der Waals surface area contributed by atoms with Crippen molar-refractivity contribution in [3.63, 3.8) is 0 Å². The topological polar surface area (TPSA) is 40.5 Å². The van der Waals surface area contributed by atoms with Gasteiger partial charge >= 0.3 is 5.97 Å². The molecule has 0 amide bonds. The number of hydrogen-bond acceptors (Lipinski definition) is 2. The van der Waals surface area contributed by atoms with Crippen LogP contribution in [0.3, 0.4) is 0 Å². The molecule has 0 radical (unpaired) electrons. The molecule has 0 heterocycles. The summed E-state index contributed by atoms with van der Waals surface area (Å²) in [5.41, 5.74) is 2.74. The monoisotopic (exact) mass is 325 g/mol. The van der Waals surface area contributed by atoms with Crippen LogP contribution in [0.1, 0.15) is 43.9 Å². The molecule has 0 saturated carbocycles. The molecule has 0 bridgehead atoms. The molecule has 0 aliphatic heterocycles. The van der Waals surface area contributed by atoms with Crippen molar-refractivity contribution in [2.45, 2.75) is 45.2 Å². The molecule has 1 aromatic rings. The fourth-order valence-corrected chi connectivity index (χ4v) is 3.51. The first-order valence-corrected chi connectivity index (χ1v) is 7.55. The summed E-state index contributed by atoms with van der Waals surface area (Å²) in [4.78, 5) is 13.1. The summed E-state index contributed by atoms with van der Waals surface area (Å²) in [5, 5.41) is 8.89. The van der Waals surface area contributed by atoms with E-state index in [2.05, 4.69) is 52.9 Å². The minimum absolute atomic E-state index is 0.206. The van der Waals surface area contributed by atoms with Crippen LogP contribution in [0.25, 0.3) is 0 Å². The lowest BCUT2D eigenvalue weighted by Crippen LogP contribution is -2.35. The Balaban J connectivity index is 2.21. The Morgan fingerprint density at radius 3 is 2.89 bits per heavy atom. The summed E-state index contributed by atoms with van der Waals surface area (Å²) in [5.74, 6) is -0.724. The summed E-state index contributed by atoms with van der Waals surface area (Å²) >= 11 is 3.61. The van der Waals surface area contributed by atoms with Gasteiger partial charge in [-0.2, -0.15) is 0 Å². The van der Waals surface area contributed by atoms with Gasteiger partial charge in [0.1, 0.15) is 0 Å². The van der Waals surface area contributed by atoms with Gasteiger partial charge < -0.3 is 5.11 Å². The molecule has 1 N–H and O–H groups in total. The van der Waals surface area contributed by atoms with Gasteiger partial charge in [0.05, 0.1) is 6.42 Å². The number of carbonyl (C=O) groups is 1. The maximum atomic E-state index is 10.8. The van der Waals surface area contributed by atoms with Crippen LogP contribution in [0.15, 0.2) is 22.7 Å². The fourth-order valence-electron chi connectivity index (χ4n) is 2.93. The van der Waals surface area contributed by atoms with Crippen molar-refractivity contribution in [1.82, 2.24) is 4.90 Å². The van der Waals surface area contributed by atoms with Gasteiger partial charge in [-0.15, -0.1) is 0 Å². The van der Waals surface area contributed by atoms with Crippen LogP contribution >= 0.6 is 15.9 Å². The summed E-state index contributed by atoms with van der Waals surface area (Å²) in [6.45, 7) is 4.89. The number of rotatable bonds is 5. The van der Waals surface area contributed by atoms with Crippen molar-refractivity contribution in [2.75, 3.05) is 6.54 Å². The highest BCUT2D eigenvalue weighted by atomic mass is 79.9. The molecule has 1 aliphatic rings. The summed E-state index contributed by atoms with van der Waals surface area (Å²) in [6, 6.07) is 7.03. The predicted molar refractivity (Wildman–Crippen MR) is 79.3 cm³/mol. The normalized spacial score (nSPS) is 18.1. The highest BCUT2D eigenvalue weighted by Crippen LogP contribution is 2.39. The maximum Gasteiger partial charge on any atom is 0.304 e. The second-order valence-corrected chi connectivity index (χ2v) is 6.19. The van der Waals surface area contributed by atoms with Crippen LogP contribution in [-0.2, 0) is 11.2 Å². The average Bonchev–Trinajstić information content (AvgIpc) is 2.74. The molecule has 19 heavy (non-hydrogen) atoms. The Kier molecular flexibility index (Phi) is 4.63. The zero-order valence-electron chi connectivity index (χ0n) is 11.4. The third kappa shape index (κ3) is 3.18. The van der Waals surface area contributed by atoms with Gasteiger partial charge in [-0.25, -0.2) is 0 Å². The molecule has 1 atom stereocenters. The average molecular weight is 326 g/mol. The largest absolute Gasteiger partial charge is 0.481 e. The third-order valence-electron chi connectivity index (χ3n) is 3.83. The van der Waals surface area contributed by atoms with E-state index in [1.165, 1.54) is 15.6 Å². The van der Waals surface area contributed by atoms with Crippen molar-refractivity contribution in [1.29, 1.82) is 0 Å². The van der Waals surface area contributed by atoms with Gasteiger partial charge in [0.25, 0.3) is 0 Å². The second kappa shape index (κ2) is 6.06. The fraction of sp³-hybridized carbons (Fsp3) is 0.533. The van der Waals surface area contributed by atoms with Gasteiger partial charge in [0.2, 0.25) is 0 Å². The van der Waals surface area contributed by atoms with Gasteiger partial charge in [-0.05, 0) is 43.9 Å². The molecule has 104 valence electrons. The van der Waals surface area contributed by atoms with Crippen molar-refractivity contribution in [3.05, 3.63) is 33.8 Å². The number of carboxylic acids is 1. The quantitative estimate of drug-likeness (QED) is 0.898. The number of halogens is 1. The Morgan fingerprint density at radius 1 is 1.53 bits per heavy atom. The van der Waals surface area contributed by atoms with E-state index >= 15 is 0 Å². The minimum Gasteiger partial charge on any atom is -0.481 e. The van der Waals surface area contributed by atoms with Crippen LogP contribution in [0.2, 0.25) is 0 Å². The van der Waals surface area contributed by atoms with E-state index in [-0.39, 0.29) is 6.42 Å². The molecule has 2 rings (SSSR count). The molecule has 0 saturated heterocycles. The van der Waals surface area contributed by atoms with Crippen LogP contribution in [0, 0.1) is 0 Å². The van der Waals surface area contributed by atoms with E-state index in [1.54, 1.807) is 0 Å². The number of fused-ring (bicyclic) bond motifs is 1. The number of benzene rings is 1. The van der Waals surface area contributed by atoms with Crippen molar-refractivity contribution < 1.29 is 9.90 Å². The number of hydrogen-bond donors (Lipinski definition) is 1. The van der Waals surface area contributed by atoms with Crippen molar-refractivity contribution >= 4 is 21.9 Å². The highest BCUT2D eigenvalue weighted by molar-refractivity contribution is 9.10. The molecule has 1 unspecified atom stereocenters. The Hall–Kier alpha value is -0.870. The second-order valence-electron chi connectivity index (χ2n) is 5.34. The Bertz CT molecular complexity index is 473. The van der Waals surface area contributed by atoms with Crippen molar-refractivity contribution in [3.8, 4) is 0 Å². The van der Waals surface area contributed by atoms with Crippen LogP contribution in [-0.4, -0.2) is 28.6 Å². The number of carboxylic acid groups (broad SMARTS) is 1. The molecule has 3 nitrogen and oxygen atoms in total. The van der Waals surface area contributed by atoms with E-state index in [9.17, 15) is 4.79 Å². The first-order chi connectivity index (χ1) is 9.00. The van der Waals surface area contributed by atoms with Crippen LogP contribution < -0.4 is 0 Å². The summed E-state index contributed by atoms with van der Waals surface area (Å²) in [7, 11) is 0. The van der Waals surface area contributed by atoms with E-state index in [0.717, 1.165) is 12.8 Å². The minimum atomic E-state index is -0.724. The first kappa shape index (κ1) is 14.5. The van der Waals surface area contributed by atoms with E-state index in [1.807, 2.05) is 0 Å². The highest BCUT2D eigenvalue weighted by Gasteiger charge is 2.30. The molecule has 1 aliphatic carbocycles. The predicted octanol–water partition coefficient (Wildman–Crippen LogP) is 3.62. The van der Waals surface area contributed by atoms with E-state index in [4.69, 9.17) is 5.11 Å². The molecule has 0 spiro atoms. The van der Waals surface area contributed by atoms with Crippen LogP contribution in [0.5, 0.6) is 0 Å². The molecule has 1 aromatic carbocycles. The maximum absolute atomic E-state index is 10.8. The van der Waals surface area contributed by atoms with Crippen molar-refractivity contribution in [2.24, 2.45) is 0 Å². The SMILES string of the molecule is CC(C)N(CCC(=O)O)C1CCc2c(Br)cccc21. The van der Waals surface area contributed by atoms with Gasteiger partial charge in [0.15, 0.2) is 0 Å². The summed E-state index contributed by atoms with van der Waals surface area (Å²) < 4.78 is 1.18. The van der Waals surface area contributed by atoms with Gasteiger partial charge in [-0.3, -0.25) is 9.69 Å². The molecular weight excluding hydrogens is 306 g/mol. The van der Waals surface area contributed by atoms with Crippen LogP contribution in [0.4, 0.5) is 0 Å². The zero-order chi connectivity index (χ0) is 14.0. The zero-order valence-corrected chi connectivity index (χ0v) is 13.0. The summed E-state index contributed by atoms with van der Waals surface area (Å²) in [6.07, 6.45) is 2.35. The van der Waals surface area contributed by atoms with E-state index in [0.29, 0.717) is 18.6 Å². The lowest BCUT2D eigenvalue weighted by atomic mass is 10.1. The first-order valence-electron chi connectivity index (χ1n) is 6.75. The Labute approximate surface area is 122 Å². The number of aliphatic carboxylic acids is 1. The molecule has 4 heteroatoms.